The molecule has 0 saturated carbocycles. The molecule has 0 N–H and O–H groups in total. The van der Waals surface area contributed by atoms with Crippen molar-refractivity contribution in [3.63, 3.8) is 0 Å². The molecule has 3 aromatic rings. The number of carbonyl (C=O) groups is 1. The van der Waals surface area contributed by atoms with E-state index in [-0.39, 0.29) is 11.6 Å². The van der Waals surface area contributed by atoms with Crippen molar-refractivity contribution in [1.82, 2.24) is 0 Å². The van der Waals surface area contributed by atoms with Crippen molar-refractivity contribution < 1.29 is 13.9 Å². The highest BCUT2D eigenvalue weighted by atomic mass is 19.1. The molecule has 1 atom stereocenters. The molecule has 3 aromatic carbocycles. The van der Waals surface area contributed by atoms with Gasteiger partial charge < -0.3 is 4.74 Å². The molecule has 0 aliphatic carbocycles. The summed E-state index contributed by atoms with van der Waals surface area (Å²) in [4.78, 5) is 13.0. The standard InChI is InChI=1S/C22H15FO2/c23-17-12-10-15(11-13-17)14-19-21(24)18-8-4-5-9-20(18)25-22(19)16-6-2-1-3-7-16/h1-14,22H/b19-14-. The number of halogens is 1. The molecule has 1 aliphatic rings. The maximum Gasteiger partial charge on any atom is 0.196 e. The van der Waals surface area contributed by atoms with Gasteiger partial charge in [0.2, 0.25) is 0 Å². The average molecular weight is 330 g/mol. The van der Waals surface area contributed by atoms with Crippen LogP contribution >= 0.6 is 0 Å². The van der Waals surface area contributed by atoms with Crippen LogP contribution in [0, 0.1) is 5.82 Å². The summed E-state index contributed by atoms with van der Waals surface area (Å²) in [5, 5.41) is 0. The summed E-state index contributed by atoms with van der Waals surface area (Å²) in [6.45, 7) is 0. The molecule has 0 aromatic heterocycles. The second-order valence-corrected chi connectivity index (χ2v) is 5.89. The Hall–Kier alpha value is -3.20. The summed E-state index contributed by atoms with van der Waals surface area (Å²) in [5.74, 6) is 0.205. The molecule has 25 heavy (non-hydrogen) atoms. The monoisotopic (exact) mass is 330 g/mol. The van der Waals surface area contributed by atoms with Crippen LogP contribution in [0.1, 0.15) is 27.6 Å². The Morgan fingerprint density at radius 2 is 1.52 bits per heavy atom. The van der Waals surface area contributed by atoms with E-state index in [1.165, 1.54) is 12.1 Å². The van der Waals surface area contributed by atoms with Gasteiger partial charge in [0.15, 0.2) is 11.9 Å². The average Bonchev–Trinajstić information content (AvgIpc) is 2.66. The van der Waals surface area contributed by atoms with Crippen LogP contribution in [0.4, 0.5) is 4.39 Å². The number of rotatable bonds is 2. The molecule has 122 valence electrons. The molecule has 0 radical (unpaired) electrons. The largest absolute Gasteiger partial charge is 0.480 e. The lowest BCUT2D eigenvalue weighted by atomic mass is 9.89. The van der Waals surface area contributed by atoms with E-state index >= 15 is 0 Å². The second kappa shape index (κ2) is 6.36. The number of hydrogen-bond acceptors (Lipinski definition) is 2. The minimum atomic E-state index is -0.492. The number of benzene rings is 3. The summed E-state index contributed by atoms with van der Waals surface area (Å²) in [6.07, 6.45) is 1.28. The topological polar surface area (TPSA) is 26.3 Å². The Morgan fingerprint density at radius 3 is 2.28 bits per heavy atom. The van der Waals surface area contributed by atoms with Gasteiger partial charge in [-0.05, 0) is 41.5 Å². The minimum absolute atomic E-state index is 0.0694. The predicted molar refractivity (Wildman–Crippen MR) is 95.0 cm³/mol. The van der Waals surface area contributed by atoms with Gasteiger partial charge in [-0.1, -0.05) is 54.6 Å². The van der Waals surface area contributed by atoms with Crippen LogP contribution in [0.2, 0.25) is 0 Å². The van der Waals surface area contributed by atoms with Gasteiger partial charge >= 0.3 is 0 Å². The van der Waals surface area contributed by atoms with Crippen LogP contribution in [-0.2, 0) is 0 Å². The predicted octanol–water partition coefficient (Wildman–Crippen LogP) is 5.23. The zero-order valence-corrected chi connectivity index (χ0v) is 13.4. The van der Waals surface area contributed by atoms with Crippen molar-refractivity contribution in [2.45, 2.75) is 6.10 Å². The van der Waals surface area contributed by atoms with E-state index in [0.717, 1.165) is 11.1 Å². The molecule has 2 nitrogen and oxygen atoms in total. The van der Waals surface area contributed by atoms with Crippen molar-refractivity contribution >= 4 is 11.9 Å². The van der Waals surface area contributed by atoms with Gasteiger partial charge in [-0.3, -0.25) is 4.79 Å². The summed E-state index contributed by atoms with van der Waals surface area (Å²) >= 11 is 0. The third kappa shape index (κ3) is 2.96. The number of hydrogen-bond donors (Lipinski definition) is 0. The molecule has 3 heteroatoms. The lowest BCUT2D eigenvalue weighted by Crippen LogP contribution is -2.23. The van der Waals surface area contributed by atoms with E-state index in [1.54, 1.807) is 30.3 Å². The quantitative estimate of drug-likeness (QED) is 0.602. The molecule has 0 saturated heterocycles. The van der Waals surface area contributed by atoms with Crippen LogP contribution in [0.5, 0.6) is 5.75 Å². The van der Waals surface area contributed by atoms with E-state index in [0.29, 0.717) is 16.9 Å². The lowest BCUT2D eigenvalue weighted by Gasteiger charge is -2.28. The first-order valence-electron chi connectivity index (χ1n) is 8.05. The van der Waals surface area contributed by atoms with Gasteiger partial charge in [0.1, 0.15) is 11.6 Å². The first kappa shape index (κ1) is 15.3. The van der Waals surface area contributed by atoms with Crippen molar-refractivity contribution in [1.29, 1.82) is 0 Å². The SMILES string of the molecule is O=C1/C(=C/c2ccc(F)cc2)C(c2ccccc2)Oc2ccccc21. The van der Waals surface area contributed by atoms with Crippen molar-refractivity contribution in [3.05, 3.63) is 107 Å². The Labute approximate surface area is 145 Å². The van der Waals surface area contributed by atoms with Crippen molar-refractivity contribution in [2.75, 3.05) is 0 Å². The second-order valence-electron chi connectivity index (χ2n) is 5.89. The first-order valence-corrected chi connectivity index (χ1v) is 8.05. The fraction of sp³-hybridized carbons (Fsp3) is 0.0455. The molecular weight excluding hydrogens is 315 g/mol. The van der Waals surface area contributed by atoms with E-state index in [2.05, 4.69) is 0 Å². The normalized spacial score (nSPS) is 17.9. The maximum absolute atomic E-state index is 13.2. The van der Waals surface area contributed by atoms with Gasteiger partial charge in [0, 0.05) is 5.57 Å². The lowest BCUT2D eigenvalue weighted by molar-refractivity contribution is 0.0963. The highest BCUT2D eigenvalue weighted by Crippen LogP contribution is 2.39. The van der Waals surface area contributed by atoms with Gasteiger partial charge in [0.05, 0.1) is 5.56 Å². The minimum Gasteiger partial charge on any atom is -0.480 e. The number of fused-ring (bicyclic) bond motifs is 1. The summed E-state index contributed by atoms with van der Waals surface area (Å²) < 4.78 is 19.3. The molecule has 0 amide bonds. The Morgan fingerprint density at radius 1 is 0.840 bits per heavy atom. The molecule has 0 bridgehead atoms. The number of ether oxygens (including phenoxy) is 1. The highest BCUT2D eigenvalue weighted by Gasteiger charge is 2.32. The summed E-state index contributed by atoms with van der Waals surface area (Å²) in [7, 11) is 0. The fourth-order valence-electron chi connectivity index (χ4n) is 2.98. The first-order chi connectivity index (χ1) is 12.2. The van der Waals surface area contributed by atoms with E-state index in [4.69, 9.17) is 4.74 Å². The summed E-state index contributed by atoms with van der Waals surface area (Å²) in [6, 6.07) is 22.9. The Bertz CT molecular complexity index is 943. The molecule has 4 rings (SSSR count). The van der Waals surface area contributed by atoms with Crippen LogP contribution in [0.25, 0.3) is 6.08 Å². The van der Waals surface area contributed by atoms with Gasteiger partial charge in [-0.25, -0.2) is 4.39 Å². The molecule has 0 spiro atoms. The highest BCUT2D eigenvalue weighted by molar-refractivity contribution is 6.14. The van der Waals surface area contributed by atoms with Gasteiger partial charge in [-0.15, -0.1) is 0 Å². The third-order valence-corrected chi connectivity index (χ3v) is 4.22. The number of carbonyl (C=O) groups excluding carboxylic acids is 1. The number of Topliss-reactive ketones (excluding diaryl/α,β-unsaturated/α-hetero) is 1. The molecule has 1 heterocycles. The van der Waals surface area contributed by atoms with Crippen molar-refractivity contribution in [3.8, 4) is 5.75 Å². The zero-order chi connectivity index (χ0) is 17.2. The van der Waals surface area contributed by atoms with Crippen LogP contribution in [0.15, 0.2) is 84.4 Å². The Kier molecular flexibility index (Phi) is 3.90. The van der Waals surface area contributed by atoms with E-state index < -0.39 is 6.10 Å². The zero-order valence-electron chi connectivity index (χ0n) is 13.4. The smallest absolute Gasteiger partial charge is 0.196 e. The van der Waals surface area contributed by atoms with Crippen LogP contribution < -0.4 is 4.74 Å². The Balaban J connectivity index is 1.85. The summed E-state index contributed by atoms with van der Waals surface area (Å²) in [5.41, 5.74) is 2.74. The number of para-hydroxylation sites is 1. The number of ketones is 1. The molecule has 1 unspecified atom stereocenters. The maximum atomic E-state index is 13.2. The van der Waals surface area contributed by atoms with Gasteiger partial charge in [-0.2, -0.15) is 0 Å². The molecular formula is C22H15FO2. The van der Waals surface area contributed by atoms with Crippen molar-refractivity contribution in [2.24, 2.45) is 0 Å². The van der Waals surface area contributed by atoms with E-state index in [9.17, 15) is 9.18 Å². The molecule has 0 fully saturated rings. The van der Waals surface area contributed by atoms with Crippen LogP contribution in [0.3, 0.4) is 0 Å². The fourth-order valence-corrected chi connectivity index (χ4v) is 2.98. The van der Waals surface area contributed by atoms with Crippen LogP contribution in [-0.4, -0.2) is 5.78 Å². The van der Waals surface area contributed by atoms with Gasteiger partial charge in [0.25, 0.3) is 0 Å². The third-order valence-electron chi connectivity index (χ3n) is 4.22. The van der Waals surface area contributed by atoms with E-state index in [1.807, 2.05) is 42.5 Å². The molecule has 1 aliphatic heterocycles.